The predicted octanol–water partition coefficient (Wildman–Crippen LogP) is 3.23. The van der Waals surface area contributed by atoms with Crippen LogP contribution in [0.2, 0.25) is 0 Å². The summed E-state index contributed by atoms with van der Waals surface area (Å²) >= 11 is 3.25. The highest BCUT2D eigenvalue weighted by Crippen LogP contribution is 2.35. The van der Waals surface area contributed by atoms with E-state index in [0.717, 1.165) is 0 Å². The zero-order chi connectivity index (χ0) is 23.5. The summed E-state index contributed by atoms with van der Waals surface area (Å²) in [4.78, 5) is 24.2. The Morgan fingerprint density at radius 3 is 2.56 bits per heavy atom. The van der Waals surface area contributed by atoms with Crippen LogP contribution in [0.3, 0.4) is 0 Å². The molecule has 0 saturated heterocycles. The number of phenolic OH excluding ortho intramolecular Hbond substituents is 1. The number of methoxy groups -OCH3 is 2. The fourth-order valence-corrected chi connectivity index (χ4v) is 3.16. The molecule has 2 amide bonds. The van der Waals surface area contributed by atoms with Gasteiger partial charge in [0.05, 0.1) is 31.5 Å². The largest absolute Gasteiger partial charge is 0.503 e. The van der Waals surface area contributed by atoms with Gasteiger partial charge in [-0.25, -0.2) is 5.43 Å². The molecule has 0 atom stereocenters. The van der Waals surface area contributed by atoms with Gasteiger partial charge in [0.1, 0.15) is 0 Å². The topological polar surface area (TPSA) is 118 Å². The van der Waals surface area contributed by atoms with Crippen molar-refractivity contribution in [2.45, 2.75) is 19.8 Å². The van der Waals surface area contributed by atoms with Crippen LogP contribution in [0.25, 0.3) is 0 Å². The number of nitrogens with one attached hydrogen (secondary N) is 2. The summed E-state index contributed by atoms with van der Waals surface area (Å²) in [6, 6.07) is 8.15. The van der Waals surface area contributed by atoms with Gasteiger partial charge in [0.15, 0.2) is 23.0 Å². The average molecular weight is 508 g/mol. The minimum atomic E-state index is -0.288. The molecular formula is C22H26BrN3O6. The van der Waals surface area contributed by atoms with Gasteiger partial charge in [-0.1, -0.05) is 0 Å². The van der Waals surface area contributed by atoms with Crippen molar-refractivity contribution in [1.29, 1.82) is 0 Å². The van der Waals surface area contributed by atoms with Gasteiger partial charge < -0.3 is 24.6 Å². The summed E-state index contributed by atoms with van der Waals surface area (Å²) in [5.41, 5.74) is 3.51. The fraction of sp³-hybridized carbons (Fsp3) is 0.318. The first-order valence-corrected chi connectivity index (χ1v) is 10.7. The third-order valence-electron chi connectivity index (χ3n) is 4.27. The second-order valence-corrected chi connectivity index (χ2v) is 7.36. The van der Waals surface area contributed by atoms with Gasteiger partial charge in [-0.15, -0.1) is 0 Å². The third kappa shape index (κ3) is 7.16. The van der Waals surface area contributed by atoms with Crippen molar-refractivity contribution in [3.63, 3.8) is 0 Å². The van der Waals surface area contributed by atoms with Crippen molar-refractivity contribution in [3.8, 4) is 23.0 Å². The van der Waals surface area contributed by atoms with E-state index in [4.69, 9.17) is 14.2 Å². The van der Waals surface area contributed by atoms with E-state index < -0.39 is 0 Å². The molecule has 0 spiro atoms. The summed E-state index contributed by atoms with van der Waals surface area (Å²) in [5, 5.41) is 16.6. The number of hydrogen-bond acceptors (Lipinski definition) is 7. The zero-order valence-electron chi connectivity index (χ0n) is 18.1. The normalized spacial score (nSPS) is 10.6. The van der Waals surface area contributed by atoms with Crippen molar-refractivity contribution in [3.05, 3.63) is 45.9 Å². The molecule has 10 heteroatoms. The third-order valence-corrected chi connectivity index (χ3v) is 4.87. The van der Waals surface area contributed by atoms with E-state index in [9.17, 15) is 14.7 Å². The highest BCUT2D eigenvalue weighted by molar-refractivity contribution is 9.10. The molecule has 0 bridgehead atoms. The van der Waals surface area contributed by atoms with Crippen molar-refractivity contribution in [1.82, 2.24) is 10.7 Å². The predicted molar refractivity (Wildman–Crippen MR) is 124 cm³/mol. The number of hydrogen-bond donors (Lipinski definition) is 3. The van der Waals surface area contributed by atoms with Crippen LogP contribution in [0.15, 0.2) is 39.9 Å². The molecule has 0 saturated carbocycles. The monoisotopic (exact) mass is 507 g/mol. The summed E-state index contributed by atoms with van der Waals surface area (Å²) in [7, 11) is 3.02. The van der Waals surface area contributed by atoms with Gasteiger partial charge in [-0.2, -0.15) is 5.10 Å². The van der Waals surface area contributed by atoms with Crippen LogP contribution >= 0.6 is 15.9 Å². The Kier molecular flexibility index (Phi) is 9.80. The second-order valence-electron chi connectivity index (χ2n) is 6.50. The molecule has 2 rings (SSSR count). The van der Waals surface area contributed by atoms with E-state index in [0.29, 0.717) is 52.4 Å². The molecule has 0 heterocycles. The lowest BCUT2D eigenvalue weighted by Gasteiger charge is -2.10. The van der Waals surface area contributed by atoms with Crippen molar-refractivity contribution >= 4 is 34.0 Å². The Hall–Kier alpha value is -3.27. The van der Waals surface area contributed by atoms with Crippen LogP contribution in [0.5, 0.6) is 23.0 Å². The number of carbonyl (C=O) groups is 2. The molecule has 3 N–H and O–H groups in total. The minimum Gasteiger partial charge on any atom is -0.503 e. The lowest BCUT2D eigenvalue weighted by atomic mass is 10.2. The van der Waals surface area contributed by atoms with Crippen LogP contribution in [0, 0.1) is 0 Å². The maximum Gasteiger partial charge on any atom is 0.251 e. The van der Waals surface area contributed by atoms with Gasteiger partial charge in [-0.05, 0) is 65.2 Å². The Bertz CT molecular complexity index is 980. The molecule has 0 unspecified atom stereocenters. The number of halogens is 1. The summed E-state index contributed by atoms with van der Waals surface area (Å²) < 4.78 is 16.2. The van der Waals surface area contributed by atoms with E-state index in [1.54, 1.807) is 30.3 Å². The van der Waals surface area contributed by atoms with E-state index >= 15 is 0 Å². The van der Waals surface area contributed by atoms with E-state index in [1.807, 2.05) is 6.92 Å². The zero-order valence-corrected chi connectivity index (χ0v) is 19.7. The van der Waals surface area contributed by atoms with Crippen LogP contribution in [-0.4, -0.2) is 50.5 Å². The first kappa shape index (κ1) is 25.0. The Morgan fingerprint density at radius 1 is 1.12 bits per heavy atom. The van der Waals surface area contributed by atoms with E-state index in [-0.39, 0.29) is 24.0 Å². The summed E-state index contributed by atoms with van der Waals surface area (Å²) in [6.45, 7) is 2.54. The van der Waals surface area contributed by atoms with E-state index in [1.165, 1.54) is 20.4 Å². The number of ether oxygens (including phenoxy) is 3. The molecule has 9 nitrogen and oxygen atoms in total. The maximum absolute atomic E-state index is 12.2. The molecule has 0 aromatic heterocycles. The number of carbonyl (C=O) groups excluding carboxylic acids is 2. The highest BCUT2D eigenvalue weighted by Gasteiger charge is 2.11. The number of phenols is 1. The molecule has 2 aromatic rings. The number of rotatable bonds is 11. The van der Waals surface area contributed by atoms with Gasteiger partial charge in [0.25, 0.3) is 5.91 Å². The standard InChI is InChI=1S/C22H26BrN3O6/c1-4-32-19-11-14(10-16(23)21(19)28)13-25-26-20(27)6-5-9-24-22(29)15-7-8-17(30-2)18(12-15)31-3/h7-8,10-13,28H,4-6,9H2,1-3H3,(H,24,29)(H,26,27)/b25-13+. The SMILES string of the molecule is CCOc1cc(/C=N/NC(=O)CCCNC(=O)c2ccc(OC)c(OC)c2)cc(Br)c1O. The highest BCUT2D eigenvalue weighted by atomic mass is 79.9. The molecule has 0 aliphatic heterocycles. The molecule has 32 heavy (non-hydrogen) atoms. The lowest BCUT2D eigenvalue weighted by molar-refractivity contribution is -0.121. The molecule has 0 aliphatic carbocycles. The van der Waals surface area contributed by atoms with Crippen molar-refractivity contribution < 1.29 is 28.9 Å². The molecular weight excluding hydrogens is 482 g/mol. The summed E-state index contributed by atoms with van der Waals surface area (Å²) in [6.07, 6.45) is 2.08. The van der Waals surface area contributed by atoms with Gasteiger partial charge >= 0.3 is 0 Å². The molecule has 0 radical (unpaired) electrons. The summed E-state index contributed by atoms with van der Waals surface area (Å²) in [5.74, 6) is 0.765. The smallest absolute Gasteiger partial charge is 0.251 e. The van der Waals surface area contributed by atoms with Crippen LogP contribution in [0.1, 0.15) is 35.7 Å². The Morgan fingerprint density at radius 2 is 1.88 bits per heavy atom. The Labute approximate surface area is 194 Å². The first-order chi connectivity index (χ1) is 15.4. The number of nitrogens with zero attached hydrogens (tertiary/aromatic N) is 1. The second kappa shape index (κ2) is 12.6. The average Bonchev–Trinajstić information content (AvgIpc) is 2.79. The van der Waals surface area contributed by atoms with Gasteiger partial charge in [0.2, 0.25) is 5.91 Å². The molecule has 172 valence electrons. The number of benzene rings is 2. The Balaban J connectivity index is 1.78. The number of aromatic hydroxyl groups is 1. The van der Waals surface area contributed by atoms with Crippen LogP contribution in [0.4, 0.5) is 0 Å². The number of hydrazone groups is 1. The van der Waals surface area contributed by atoms with Gasteiger partial charge in [-0.3, -0.25) is 9.59 Å². The van der Waals surface area contributed by atoms with Crippen LogP contribution < -0.4 is 25.0 Å². The van der Waals surface area contributed by atoms with E-state index in [2.05, 4.69) is 31.8 Å². The fourth-order valence-electron chi connectivity index (χ4n) is 2.70. The maximum atomic E-state index is 12.2. The van der Waals surface area contributed by atoms with Gasteiger partial charge in [0, 0.05) is 18.5 Å². The first-order valence-electron chi connectivity index (χ1n) is 9.87. The minimum absolute atomic E-state index is 0.00293. The number of amides is 2. The molecule has 2 aromatic carbocycles. The van der Waals surface area contributed by atoms with Crippen LogP contribution in [-0.2, 0) is 4.79 Å². The molecule has 0 aliphatic rings. The lowest BCUT2D eigenvalue weighted by Crippen LogP contribution is -2.26. The van der Waals surface area contributed by atoms with Crippen molar-refractivity contribution in [2.24, 2.45) is 5.10 Å². The van der Waals surface area contributed by atoms with Crippen molar-refractivity contribution in [2.75, 3.05) is 27.4 Å². The molecule has 0 fully saturated rings. The quantitative estimate of drug-likeness (QED) is 0.244.